The number of rotatable bonds is 14. The second-order valence-electron chi connectivity index (χ2n) is 12.1. The number of hydrogen-bond acceptors (Lipinski definition) is 6. The number of ether oxygens (including phenoxy) is 2. The molecule has 7 nitrogen and oxygen atoms in total. The third kappa shape index (κ3) is 7.84. The van der Waals surface area contributed by atoms with Gasteiger partial charge < -0.3 is 14.4 Å². The molecule has 3 aromatic carbocycles. The van der Waals surface area contributed by atoms with Crippen molar-refractivity contribution in [3.8, 4) is 11.5 Å². The Morgan fingerprint density at radius 2 is 1.55 bits per heavy atom. The van der Waals surface area contributed by atoms with Gasteiger partial charge in [0.2, 0.25) is 0 Å². The van der Waals surface area contributed by atoms with Crippen molar-refractivity contribution in [1.29, 1.82) is 0 Å². The van der Waals surface area contributed by atoms with E-state index >= 15 is 0 Å². The molecule has 0 aliphatic carbocycles. The first kappa shape index (κ1) is 33.4. The standard InChI is InChI=1S/C33H44ClN3O4S/c1-9-32(3,4)24-11-16-30(27(20-24)33(5,6)10-2)41-18-17-40-26-13-14-28(34)23(19-26)22-42(38,39)31-21-25(37(7)8)12-15-29(31)36-35/h11-16,19-21,35H,9-10,17-18,22H2,1-8H3/p+1. The van der Waals surface area contributed by atoms with Crippen molar-refractivity contribution < 1.29 is 23.4 Å². The Bertz CT molecular complexity index is 1520. The first-order chi connectivity index (χ1) is 19.6. The van der Waals surface area contributed by atoms with E-state index in [2.05, 4.69) is 64.9 Å². The quantitative estimate of drug-likeness (QED) is 0.155. The van der Waals surface area contributed by atoms with E-state index < -0.39 is 9.84 Å². The lowest BCUT2D eigenvalue weighted by atomic mass is 9.76. The zero-order valence-electron chi connectivity index (χ0n) is 26.1. The van der Waals surface area contributed by atoms with Gasteiger partial charge in [0.15, 0.2) is 9.84 Å². The summed E-state index contributed by atoms with van der Waals surface area (Å²) in [5.41, 5.74) is 9.35. The zero-order chi connectivity index (χ0) is 31.3. The van der Waals surface area contributed by atoms with Gasteiger partial charge in [0.1, 0.15) is 35.3 Å². The molecule has 0 saturated carbocycles. The van der Waals surface area contributed by atoms with E-state index in [1.807, 2.05) is 19.0 Å². The molecule has 3 rings (SSSR count). The van der Waals surface area contributed by atoms with E-state index in [4.69, 9.17) is 26.6 Å². The average Bonchev–Trinajstić information content (AvgIpc) is 2.96. The van der Waals surface area contributed by atoms with Crippen LogP contribution >= 0.6 is 11.6 Å². The maximum atomic E-state index is 13.4. The van der Waals surface area contributed by atoms with E-state index in [0.717, 1.165) is 24.3 Å². The van der Waals surface area contributed by atoms with Gasteiger partial charge in [0.05, 0.1) is 5.75 Å². The summed E-state index contributed by atoms with van der Waals surface area (Å²) in [6.45, 7) is 14.0. The molecule has 0 amide bonds. The van der Waals surface area contributed by atoms with Crippen LogP contribution in [0.4, 0.5) is 11.4 Å². The van der Waals surface area contributed by atoms with E-state index in [0.29, 0.717) is 22.9 Å². The molecule has 228 valence electrons. The first-order valence-corrected chi connectivity index (χ1v) is 16.3. The highest BCUT2D eigenvalue weighted by atomic mass is 35.5. The minimum Gasteiger partial charge on any atom is -0.490 e. The van der Waals surface area contributed by atoms with Gasteiger partial charge in [-0.05, 0) is 82.4 Å². The molecular formula is C33H45ClN3O4S+. The van der Waals surface area contributed by atoms with Gasteiger partial charge in [-0.1, -0.05) is 65.3 Å². The zero-order valence-corrected chi connectivity index (χ0v) is 27.7. The van der Waals surface area contributed by atoms with E-state index in [1.165, 1.54) is 11.1 Å². The molecule has 0 atom stereocenters. The fraction of sp³-hybridized carbons (Fsp3) is 0.455. The van der Waals surface area contributed by atoms with Gasteiger partial charge in [-0.3, -0.25) is 0 Å². The summed E-state index contributed by atoms with van der Waals surface area (Å²) in [5.74, 6) is 1.03. The van der Waals surface area contributed by atoms with Crippen molar-refractivity contribution in [3.63, 3.8) is 0 Å². The normalized spacial score (nSPS) is 12.2. The summed E-state index contributed by atoms with van der Waals surface area (Å²) in [5, 5.41) is 4.00. The van der Waals surface area contributed by atoms with Gasteiger partial charge in [0.25, 0.3) is 0 Å². The number of sulfone groups is 1. The average molecular weight is 615 g/mol. The Morgan fingerprint density at radius 1 is 0.881 bits per heavy atom. The molecule has 0 spiro atoms. The molecule has 0 fully saturated rings. The predicted octanol–water partition coefficient (Wildman–Crippen LogP) is 7.06. The Hall–Kier alpha value is -3.10. The van der Waals surface area contributed by atoms with E-state index in [9.17, 15) is 8.42 Å². The Labute approximate surface area is 256 Å². The summed E-state index contributed by atoms with van der Waals surface area (Å²) >= 11 is 6.41. The summed E-state index contributed by atoms with van der Waals surface area (Å²) in [4.78, 5) is 1.86. The molecule has 9 heteroatoms. The lowest BCUT2D eigenvalue weighted by molar-refractivity contribution is -0.210. The van der Waals surface area contributed by atoms with Gasteiger partial charge in [-0.25, -0.2) is 8.42 Å². The number of halogens is 1. The van der Waals surface area contributed by atoms with Crippen molar-refractivity contribution in [2.24, 2.45) is 5.11 Å². The van der Waals surface area contributed by atoms with Crippen LogP contribution in [0.2, 0.25) is 5.02 Å². The number of hydrogen-bond donors (Lipinski definition) is 1. The van der Waals surface area contributed by atoms with Crippen LogP contribution in [-0.4, -0.2) is 35.7 Å². The maximum absolute atomic E-state index is 13.4. The van der Waals surface area contributed by atoms with Crippen LogP contribution in [0.3, 0.4) is 0 Å². The van der Waals surface area contributed by atoms with Crippen molar-refractivity contribution in [3.05, 3.63) is 76.3 Å². The summed E-state index contributed by atoms with van der Waals surface area (Å²) < 4.78 is 39.0. The minimum absolute atomic E-state index is 0.0459. The molecule has 0 aliphatic heterocycles. The molecule has 0 aromatic heterocycles. The van der Waals surface area contributed by atoms with Crippen LogP contribution in [-0.2, 0) is 26.4 Å². The SMILES string of the molecule is CCC(C)(C)c1ccc(OCCOc2ccc(Cl)c(CS(=O)(=O)c3cc(N(C)C)ccc3N=[NH2+])c2)c(C(C)(C)CC)c1. The van der Waals surface area contributed by atoms with Crippen LogP contribution in [0.1, 0.15) is 71.1 Å². The monoisotopic (exact) mass is 614 g/mol. The third-order valence-electron chi connectivity index (χ3n) is 8.16. The molecule has 0 bridgehead atoms. The second kappa shape index (κ2) is 13.5. The molecule has 0 heterocycles. The number of nitrogens with two attached hydrogens (primary N) is 1. The highest BCUT2D eigenvalue weighted by Gasteiger charge is 2.27. The Kier molecular flexibility index (Phi) is 10.7. The van der Waals surface area contributed by atoms with Gasteiger partial charge in [-0.15, -0.1) is 0 Å². The molecule has 2 N–H and O–H groups in total. The highest BCUT2D eigenvalue weighted by Crippen LogP contribution is 2.38. The molecule has 0 saturated heterocycles. The second-order valence-corrected chi connectivity index (χ2v) is 14.4. The molecule has 0 aliphatic rings. The molecule has 0 radical (unpaired) electrons. The van der Waals surface area contributed by atoms with E-state index in [1.54, 1.807) is 36.4 Å². The third-order valence-corrected chi connectivity index (χ3v) is 10.2. The minimum atomic E-state index is -3.82. The van der Waals surface area contributed by atoms with Crippen molar-refractivity contribution in [1.82, 2.24) is 0 Å². The van der Waals surface area contributed by atoms with Crippen LogP contribution in [0.25, 0.3) is 0 Å². The van der Waals surface area contributed by atoms with E-state index in [-0.39, 0.29) is 33.8 Å². The van der Waals surface area contributed by atoms with Crippen molar-refractivity contribution >= 4 is 32.8 Å². The van der Waals surface area contributed by atoms with Gasteiger partial charge >= 0.3 is 0 Å². The van der Waals surface area contributed by atoms with Crippen LogP contribution in [0.5, 0.6) is 11.5 Å². The summed E-state index contributed by atoms with van der Waals surface area (Å²) in [6, 6.07) is 16.4. The predicted molar refractivity (Wildman–Crippen MR) is 171 cm³/mol. The lowest BCUT2D eigenvalue weighted by Crippen LogP contribution is -2.23. The Balaban J connectivity index is 1.75. The van der Waals surface area contributed by atoms with Crippen LogP contribution in [0, 0.1) is 0 Å². The largest absolute Gasteiger partial charge is 0.490 e. The van der Waals surface area contributed by atoms with Crippen molar-refractivity contribution in [2.45, 2.75) is 75.9 Å². The van der Waals surface area contributed by atoms with Crippen LogP contribution < -0.4 is 19.9 Å². The smallest absolute Gasteiger partial charge is 0.185 e. The number of anilines is 1. The molecule has 0 unspecified atom stereocenters. The van der Waals surface area contributed by atoms with Crippen molar-refractivity contribution in [2.75, 3.05) is 32.2 Å². The molecular weight excluding hydrogens is 570 g/mol. The van der Waals surface area contributed by atoms with Gasteiger partial charge in [-0.2, -0.15) is 5.53 Å². The fourth-order valence-electron chi connectivity index (χ4n) is 4.48. The first-order valence-electron chi connectivity index (χ1n) is 14.3. The molecule has 42 heavy (non-hydrogen) atoms. The van der Waals surface area contributed by atoms with Gasteiger partial charge in [0, 0.05) is 30.4 Å². The number of benzene rings is 3. The maximum Gasteiger partial charge on any atom is 0.185 e. The summed E-state index contributed by atoms with van der Waals surface area (Å²) in [7, 11) is -0.148. The Morgan fingerprint density at radius 3 is 2.17 bits per heavy atom. The number of nitrogens with zero attached hydrogens (tertiary/aromatic N) is 2. The lowest BCUT2D eigenvalue weighted by Gasteiger charge is -2.30. The highest BCUT2D eigenvalue weighted by molar-refractivity contribution is 7.90. The molecule has 3 aromatic rings. The fourth-order valence-corrected chi connectivity index (χ4v) is 6.29. The summed E-state index contributed by atoms with van der Waals surface area (Å²) in [6.07, 6.45) is 2.02. The van der Waals surface area contributed by atoms with Crippen LogP contribution in [0.15, 0.2) is 64.6 Å². The topological polar surface area (TPSA) is 93.8 Å².